The average molecular weight is 1090 g/mol. The number of allylic oxidation sites excluding steroid dienone is 14. The van der Waals surface area contributed by atoms with Crippen molar-refractivity contribution in [1.29, 1.82) is 0 Å². The first-order valence-corrected chi connectivity index (χ1v) is 33.6. The van der Waals surface area contributed by atoms with Gasteiger partial charge in [-0.05, 0) is 70.6 Å². The van der Waals surface area contributed by atoms with Crippen LogP contribution in [-0.2, 0) is 28.6 Å². The second-order valence-electron chi connectivity index (χ2n) is 22.4. The van der Waals surface area contributed by atoms with Gasteiger partial charge in [-0.15, -0.1) is 0 Å². The third-order valence-corrected chi connectivity index (χ3v) is 14.7. The number of hydrogen-bond donors (Lipinski definition) is 0. The zero-order valence-electron chi connectivity index (χ0n) is 51.7. The summed E-state index contributed by atoms with van der Waals surface area (Å²) in [6.07, 6.45) is 88.1. The topological polar surface area (TPSA) is 78.9 Å². The Morgan fingerprint density at radius 2 is 0.500 bits per heavy atom. The van der Waals surface area contributed by atoms with Gasteiger partial charge in [0, 0.05) is 19.3 Å². The highest BCUT2D eigenvalue weighted by Crippen LogP contribution is 2.18. The average Bonchev–Trinajstić information content (AvgIpc) is 3.44. The summed E-state index contributed by atoms with van der Waals surface area (Å²) in [6.45, 7) is 6.45. The van der Waals surface area contributed by atoms with Crippen LogP contribution in [0.2, 0.25) is 0 Å². The maximum Gasteiger partial charge on any atom is 0.306 e. The predicted molar refractivity (Wildman–Crippen MR) is 339 cm³/mol. The summed E-state index contributed by atoms with van der Waals surface area (Å²) in [6, 6.07) is 0. The molecule has 0 rings (SSSR count). The van der Waals surface area contributed by atoms with Crippen molar-refractivity contribution in [3.8, 4) is 0 Å². The van der Waals surface area contributed by atoms with Crippen molar-refractivity contribution in [3.05, 3.63) is 85.1 Å². The van der Waals surface area contributed by atoms with Crippen LogP contribution in [0.3, 0.4) is 0 Å². The van der Waals surface area contributed by atoms with Gasteiger partial charge in [-0.25, -0.2) is 0 Å². The van der Waals surface area contributed by atoms with Crippen LogP contribution < -0.4 is 0 Å². The van der Waals surface area contributed by atoms with Crippen LogP contribution in [0, 0.1) is 0 Å². The van der Waals surface area contributed by atoms with Gasteiger partial charge in [-0.1, -0.05) is 331 Å². The lowest BCUT2D eigenvalue weighted by Crippen LogP contribution is -2.30. The maximum atomic E-state index is 12.8. The zero-order valence-corrected chi connectivity index (χ0v) is 51.7. The molecule has 6 nitrogen and oxygen atoms in total. The number of rotatable bonds is 61. The lowest BCUT2D eigenvalue weighted by atomic mass is 10.0. The molecule has 0 aromatic heterocycles. The zero-order chi connectivity index (χ0) is 56.4. The molecule has 0 amide bonds. The van der Waals surface area contributed by atoms with Crippen LogP contribution in [0.5, 0.6) is 0 Å². The Kier molecular flexibility index (Phi) is 63.2. The van der Waals surface area contributed by atoms with Gasteiger partial charge >= 0.3 is 17.9 Å². The van der Waals surface area contributed by atoms with Crippen LogP contribution in [0.15, 0.2) is 85.1 Å². The molecule has 0 aromatic rings. The molecule has 0 N–H and O–H groups in total. The molecular weight excluding hydrogens is 961 g/mol. The van der Waals surface area contributed by atoms with Crippen molar-refractivity contribution in [2.45, 2.75) is 341 Å². The molecule has 1 unspecified atom stereocenters. The van der Waals surface area contributed by atoms with E-state index in [1.165, 1.54) is 199 Å². The smallest absolute Gasteiger partial charge is 0.306 e. The third-order valence-electron chi connectivity index (χ3n) is 14.7. The Bertz CT molecular complexity index is 1480. The highest BCUT2D eigenvalue weighted by atomic mass is 16.6. The van der Waals surface area contributed by atoms with E-state index < -0.39 is 6.10 Å². The molecule has 0 aliphatic rings. The number of ether oxygens (including phenoxy) is 3. The van der Waals surface area contributed by atoms with E-state index in [4.69, 9.17) is 14.2 Å². The number of carbonyl (C=O) groups excluding carboxylic acids is 3. The van der Waals surface area contributed by atoms with Crippen LogP contribution in [-0.4, -0.2) is 37.2 Å². The Hall–Kier alpha value is -3.41. The maximum absolute atomic E-state index is 12.8. The van der Waals surface area contributed by atoms with E-state index in [2.05, 4.69) is 106 Å². The first-order chi connectivity index (χ1) is 38.5. The van der Waals surface area contributed by atoms with Gasteiger partial charge in [0.2, 0.25) is 0 Å². The predicted octanol–water partition coefficient (Wildman–Crippen LogP) is 23.1. The normalized spacial score (nSPS) is 12.6. The molecule has 6 heteroatoms. The summed E-state index contributed by atoms with van der Waals surface area (Å²) in [5.41, 5.74) is 0. The Morgan fingerprint density at radius 3 is 0.769 bits per heavy atom. The summed E-state index contributed by atoms with van der Waals surface area (Å²) >= 11 is 0. The van der Waals surface area contributed by atoms with Gasteiger partial charge in [0.25, 0.3) is 0 Å². The van der Waals surface area contributed by atoms with Gasteiger partial charge in [-0.2, -0.15) is 0 Å². The largest absolute Gasteiger partial charge is 0.462 e. The van der Waals surface area contributed by atoms with Crippen LogP contribution in [0.4, 0.5) is 0 Å². The summed E-state index contributed by atoms with van der Waals surface area (Å²) in [5.74, 6) is -0.956. The minimum Gasteiger partial charge on any atom is -0.462 e. The van der Waals surface area contributed by atoms with Crippen molar-refractivity contribution in [2.75, 3.05) is 13.2 Å². The molecule has 0 heterocycles. The van der Waals surface area contributed by atoms with Gasteiger partial charge in [0.15, 0.2) is 6.10 Å². The minimum atomic E-state index is -0.804. The first kappa shape index (κ1) is 74.6. The van der Waals surface area contributed by atoms with E-state index in [-0.39, 0.29) is 37.5 Å². The van der Waals surface area contributed by atoms with Crippen molar-refractivity contribution < 1.29 is 28.6 Å². The summed E-state index contributed by atoms with van der Waals surface area (Å²) < 4.78 is 16.8. The SMILES string of the molecule is CC/C=C\C/C=C\C/C=C\C/C=C\C/C=C\C/C=C\C/C=C\CCCC(=O)OC(COC(=O)CCCCCCCC)COC(=O)CCCCCCCCCCCCCCCCCCCCCCCCCCCCCCCCC. The molecule has 0 saturated carbocycles. The fraction of sp³-hybridized carbons (Fsp3) is 0.764. The molecule has 450 valence electrons. The van der Waals surface area contributed by atoms with E-state index in [0.29, 0.717) is 19.3 Å². The number of esters is 3. The summed E-state index contributed by atoms with van der Waals surface area (Å²) in [5, 5.41) is 0. The van der Waals surface area contributed by atoms with E-state index >= 15 is 0 Å². The quantitative estimate of drug-likeness (QED) is 0.0261. The van der Waals surface area contributed by atoms with Crippen LogP contribution in [0.1, 0.15) is 335 Å². The second kappa shape index (κ2) is 66.1. The molecule has 0 radical (unpaired) electrons. The van der Waals surface area contributed by atoms with Crippen molar-refractivity contribution in [1.82, 2.24) is 0 Å². The van der Waals surface area contributed by atoms with Crippen molar-refractivity contribution >= 4 is 17.9 Å². The molecule has 0 saturated heterocycles. The number of hydrogen-bond acceptors (Lipinski definition) is 6. The monoisotopic (exact) mass is 1090 g/mol. The summed E-state index contributed by atoms with van der Waals surface area (Å²) in [4.78, 5) is 38.0. The highest BCUT2D eigenvalue weighted by molar-refractivity contribution is 5.71. The molecule has 0 bridgehead atoms. The van der Waals surface area contributed by atoms with E-state index in [1.807, 2.05) is 0 Å². The van der Waals surface area contributed by atoms with Crippen LogP contribution in [0.25, 0.3) is 0 Å². The molecule has 0 aliphatic heterocycles. The van der Waals surface area contributed by atoms with E-state index in [1.54, 1.807) is 0 Å². The fourth-order valence-electron chi connectivity index (χ4n) is 9.67. The molecule has 78 heavy (non-hydrogen) atoms. The van der Waals surface area contributed by atoms with E-state index in [9.17, 15) is 14.4 Å². The fourth-order valence-corrected chi connectivity index (χ4v) is 9.67. The second-order valence-corrected chi connectivity index (χ2v) is 22.4. The minimum absolute atomic E-state index is 0.0969. The van der Waals surface area contributed by atoms with E-state index in [0.717, 1.165) is 89.9 Å². The molecule has 1 atom stereocenters. The molecule has 0 fully saturated rings. The number of unbranched alkanes of at least 4 members (excludes halogenated alkanes) is 36. The third kappa shape index (κ3) is 63.4. The Labute approximate surface area is 484 Å². The van der Waals surface area contributed by atoms with Crippen molar-refractivity contribution in [2.24, 2.45) is 0 Å². The molecular formula is C72H126O6. The number of carbonyl (C=O) groups is 3. The lowest BCUT2D eigenvalue weighted by molar-refractivity contribution is -0.167. The van der Waals surface area contributed by atoms with Crippen LogP contribution >= 0.6 is 0 Å². The van der Waals surface area contributed by atoms with Gasteiger partial charge < -0.3 is 14.2 Å². The van der Waals surface area contributed by atoms with Gasteiger partial charge in [-0.3, -0.25) is 14.4 Å². The molecule has 0 spiro atoms. The molecule has 0 aromatic carbocycles. The highest BCUT2D eigenvalue weighted by Gasteiger charge is 2.19. The lowest BCUT2D eigenvalue weighted by Gasteiger charge is -2.18. The Balaban J connectivity index is 4.07. The Morgan fingerprint density at radius 1 is 0.269 bits per heavy atom. The van der Waals surface area contributed by atoms with Gasteiger partial charge in [0.05, 0.1) is 0 Å². The van der Waals surface area contributed by atoms with Crippen molar-refractivity contribution in [3.63, 3.8) is 0 Å². The van der Waals surface area contributed by atoms with Gasteiger partial charge in [0.1, 0.15) is 13.2 Å². The summed E-state index contributed by atoms with van der Waals surface area (Å²) in [7, 11) is 0. The first-order valence-electron chi connectivity index (χ1n) is 33.6. The standard InChI is InChI=1S/C72H126O6/c1-4-7-10-13-16-18-20-22-24-26-28-30-32-33-34-35-36-37-38-39-41-42-44-46-48-50-52-54-56-59-62-65-71(74)77-68-69(67-76-70(73)64-61-58-15-12-9-6-3)78-72(75)66-63-60-57-55-53-51-49-47-45-43-40-31-29-27-25-23-21-19-17-14-11-8-5-2/h8,11,17,19,23,25,29,31,43,45,49,51,55,57,69H,4-7,9-10,12-16,18,20-22,24,26-28,30,32-42,44,46-48,50,52-54,56,58-68H2,1-3H3/b11-8-,19-17-,25-23-,31-29-,45-43-,51-49-,57-55-. The molecule has 0 aliphatic carbocycles.